The number of nitrogens with zero attached hydrogens (tertiary/aromatic N) is 1. The van der Waals surface area contributed by atoms with E-state index in [4.69, 9.17) is 10.2 Å². The summed E-state index contributed by atoms with van der Waals surface area (Å²) < 4.78 is 40.1. The van der Waals surface area contributed by atoms with E-state index in [-0.39, 0.29) is 16.6 Å². The van der Waals surface area contributed by atoms with Gasteiger partial charge in [-0.05, 0) is 17.5 Å². The molecule has 2 aromatic rings. The van der Waals surface area contributed by atoms with Gasteiger partial charge in [-0.25, -0.2) is 22.9 Å². The highest BCUT2D eigenvalue weighted by atomic mass is 19.2. The molecule has 0 saturated carbocycles. The summed E-state index contributed by atoms with van der Waals surface area (Å²) in [6.45, 7) is -0.779. The zero-order chi connectivity index (χ0) is 14.9. The number of anilines is 1. The fraction of sp³-hybridized carbons (Fsp3) is 0.167. The minimum atomic E-state index is -1.68. The SMILES string of the molecule is O=C(O)C(CO)Nc1nccc2cc(F)c(F)c(F)c12. The first-order valence-electron chi connectivity index (χ1n) is 5.48. The number of aliphatic hydroxyl groups is 1. The third-order valence-corrected chi connectivity index (χ3v) is 2.68. The van der Waals surface area contributed by atoms with E-state index in [9.17, 15) is 18.0 Å². The molecule has 3 N–H and O–H groups in total. The van der Waals surface area contributed by atoms with Gasteiger partial charge in [0.2, 0.25) is 0 Å². The van der Waals surface area contributed by atoms with Gasteiger partial charge < -0.3 is 15.5 Å². The Morgan fingerprint density at radius 3 is 2.65 bits per heavy atom. The average molecular weight is 286 g/mol. The summed E-state index contributed by atoms with van der Waals surface area (Å²) in [5, 5.41) is 19.6. The molecule has 8 heteroatoms. The van der Waals surface area contributed by atoms with Crippen molar-refractivity contribution in [1.29, 1.82) is 0 Å². The first kappa shape index (κ1) is 14.1. The number of carboxylic acids is 1. The minimum absolute atomic E-state index is 0.0148. The largest absolute Gasteiger partial charge is 0.480 e. The van der Waals surface area contributed by atoms with Gasteiger partial charge >= 0.3 is 5.97 Å². The van der Waals surface area contributed by atoms with Crippen LogP contribution in [-0.2, 0) is 4.79 Å². The Morgan fingerprint density at radius 2 is 2.05 bits per heavy atom. The van der Waals surface area contributed by atoms with Crippen LogP contribution < -0.4 is 5.32 Å². The summed E-state index contributed by atoms with van der Waals surface area (Å²) in [4.78, 5) is 14.5. The summed E-state index contributed by atoms with van der Waals surface area (Å²) in [5.74, 6) is -6.19. The van der Waals surface area contributed by atoms with Crippen LogP contribution in [0.4, 0.5) is 19.0 Å². The maximum Gasteiger partial charge on any atom is 0.328 e. The van der Waals surface area contributed by atoms with Gasteiger partial charge in [0.1, 0.15) is 11.9 Å². The Kier molecular flexibility index (Phi) is 3.75. The molecule has 0 spiro atoms. The van der Waals surface area contributed by atoms with Crippen molar-refractivity contribution >= 4 is 22.6 Å². The number of pyridine rings is 1. The van der Waals surface area contributed by atoms with Gasteiger partial charge in [0.25, 0.3) is 0 Å². The third-order valence-electron chi connectivity index (χ3n) is 2.68. The molecule has 1 aromatic heterocycles. The van der Waals surface area contributed by atoms with E-state index in [1.165, 1.54) is 12.3 Å². The lowest BCUT2D eigenvalue weighted by Crippen LogP contribution is -2.33. The number of nitrogens with one attached hydrogen (secondary N) is 1. The van der Waals surface area contributed by atoms with Crippen LogP contribution in [0.1, 0.15) is 0 Å². The zero-order valence-corrected chi connectivity index (χ0v) is 9.90. The van der Waals surface area contributed by atoms with Crippen LogP contribution in [0.2, 0.25) is 0 Å². The van der Waals surface area contributed by atoms with Crippen LogP contribution in [0.15, 0.2) is 18.3 Å². The fourth-order valence-electron chi connectivity index (χ4n) is 1.70. The van der Waals surface area contributed by atoms with Crippen molar-refractivity contribution in [2.75, 3.05) is 11.9 Å². The van der Waals surface area contributed by atoms with Crippen LogP contribution in [0.3, 0.4) is 0 Å². The molecule has 1 heterocycles. The molecule has 0 saturated heterocycles. The van der Waals surface area contributed by atoms with E-state index in [1.54, 1.807) is 0 Å². The quantitative estimate of drug-likeness (QED) is 0.742. The number of carbonyl (C=O) groups is 1. The zero-order valence-electron chi connectivity index (χ0n) is 9.90. The highest BCUT2D eigenvalue weighted by molar-refractivity contribution is 5.93. The Balaban J connectivity index is 2.60. The Labute approximate surface area is 110 Å². The molecule has 1 aromatic carbocycles. The summed E-state index contributed by atoms with van der Waals surface area (Å²) in [6, 6.07) is 0.580. The van der Waals surface area contributed by atoms with Gasteiger partial charge in [-0.1, -0.05) is 0 Å². The van der Waals surface area contributed by atoms with Crippen LogP contribution >= 0.6 is 0 Å². The number of aromatic nitrogens is 1. The molecule has 0 bridgehead atoms. The summed E-state index contributed by atoms with van der Waals surface area (Å²) in [6.07, 6.45) is 1.18. The van der Waals surface area contributed by atoms with Crippen molar-refractivity contribution in [3.63, 3.8) is 0 Å². The van der Waals surface area contributed by atoms with Crippen molar-refractivity contribution < 1.29 is 28.2 Å². The van der Waals surface area contributed by atoms with Crippen LogP contribution in [0.5, 0.6) is 0 Å². The number of aliphatic carboxylic acids is 1. The van der Waals surface area contributed by atoms with Gasteiger partial charge in [-0.2, -0.15) is 0 Å². The second-order valence-electron chi connectivity index (χ2n) is 3.96. The van der Waals surface area contributed by atoms with E-state index in [0.29, 0.717) is 0 Å². The average Bonchev–Trinajstić information content (AvgIpc) is 2.41. The van der Waals surface area contributed by atoms with Gasteiger partial charge in [0.15, 0.2) is 17.5 Å². The van der Waals surface area contributed by atoms with E-state index >= 15 is 0 Å². The van der Waals surface area contributed by atoms with E-state index in [0.717, 1.165) is 6.07 Å². The third kappa shape index (κ3) is 2.37. The molecule has 106 valence electrons. The molecule has 5 nitrogen and oxygen atoms in total. The normalized spacial score (nSPS) is 12.4. The van der Waals surface area contributed by atoms with Crippen molar-refractivity contribution in [2.24, 2.45) is 0 Å². The number of hydrogen-bond donors (Lipinski definition) is 3. The van der Waals surface area contributed by atoms with Gasteiger partial charge in [-0.3, -0.25) is 0 Å². The van der Waals surface area contributed by atoms with Crippen molar-refractivity contribution in [3.8, 4) is 0 Å². The molecule has 0 aliphatic heterocycles. The highest BCUT2D eigenvalue weighted by Crippen LogP contribution is 2.28. The molecule has 0 radical (unpaired) electrons. The Hall–Kier alpha value is -2.35. The number of rotatable bonds is 4. The molecule has 1 atom stereocenters. The van der Waals surface area contributed by atoms with Crippen molar-refractivity contribution in [1.82, 2.24) is 4.98 Å². The molecule has 1 unspecified atom stereocenters. The Bertz CT molecular complexity index is 679. The second-order valence-corrected chi connectivity index (χ2v) is 3.96. The van der Waals surface area contributed by atoms with Gasteiger partial charge in [0, 0.05) is 6.20 Å². The molecule has 0 amide bonds. The first-order valence-corrected chi connectivity index (χ1v) is 5.48. The van der Waals surface area contributed by atoms with E-state index in [1.807, 2.05) is 0 Å². The molecule has 0 aliphatic carbocycles. The molecule has 0 aliphatic rings. The molecule has 0 fully saturated rings. The van der Waals surface area contributed by atoms with Crippen molar-refractivity contribution in [2.45, 2.75) is 6.04 Å². The predicted molar refractivity (Wildman–Crippen MR) is 63.7 cm³/mol. The standard InChI is InChI=1S/C12H9F3N2O3/c13-6-3-5-1-2-16-11(8(5)10(15)9(6)14)17-7(4-18)12(19)20/h1-3,7,18H,4H2,(H,16,17)(H,19,20). The van der Waals surface area contributed by atoms with Crippen LogP contribution in [0.25, 0.3) is 10.8 Å². The maximum absolute atomic E-state index is 13.8. The number of halogens is 3. The lowest BCUT2D eigenvalue weighted by molar-refractivity contribution is -0.138. The number of aliphatic hydroxyl groups excluding tert-OH is 1. The number of hydrogen-bond acceptors (Lipinski definition) is 4. The molecule has 2 rings (SSSR count). The van der Waals surface area contributed by atoms with E-state index in [2.05, 4.69) is 10.3 Å². The van der Waals surface area contributed by atoms with Gasteiger partial charge in [-0.15, -0.1) is 0 Å². The number of carboxylic acid groups (broad SMARTS) is 1. The lowest BCUT2D eigenvalue weighted by Gasteiger charge is -2.14. The minimum Gasteiger partial charge on any atom is -0.480 e. The lowest BCUT2D eigenvalue weighted by atomic mass is 10.1. The number of fused-ring (bicyclic) bond motifs is 1. The topological polar surface area (TPSA) is 82.5 Å². The summed E-state index contributed by atoms with van der Waals surface area (Å²) >= 11 is 0. The van der Waals surface area contributed by atoms with E-state index < -0.39 is 36.1 Å². The molecular weight excluding hydrogens is 277 g/mol. The smallest absolute Gasteiger partial charge is 0.328 e. The molecular formula is C12H9F3N2O3. The van der Waals surface area contributed by atoms with Crippen molar-refractivity contribution in [3.05, 3.63) is 35.8 Å². The Morgan fingerprint density at radius 1 is 1.35 bits per heavy atom. The monoisotopic (exact) mass is 286 g/mol. The first-order chi connectivity index (χ1) is 9.45. The fourth-order valence-corrected chi connectivity index (χ4v) is 1.70. The van der Waals surface area contributed by atoms with Crippen LogP contribution in [0, 0.1) is 17.5 Å². The van der Waals surface area contributed by atoms with Gasteiger partial charge in [0.05, 0.1) is 12.0 Å². The summed E-state index contributed by atoms with van der Waals surface area (Å²) in [7, 11) is 0. The summed E-state index contributed by atoms with van der Waals surface area (Å²) in [5.41, 5.74) is 0. The molecule has 20 heavy (non-hydrogen) atoms. The van der Waals surface area contributed by atoms with Crippen LogP contribution in [-0.4, -0.2) is 33.8 Å². The highest BCUT2D eigenvalue weighted by Gasteiger charge is 2.21. The predicted octanol–water partition coefficient (Wildman–Crippen LogP) is 1.51. The second kappa shape index (κ2) is 5.33. The maximum atomic E-state index is 13.8. The number of benzene rings is 1.